The molecule has 0 bridgehead atoms. The molecule has 26 heavy (non-hydrogen) atoms. The largest absolute Gasteiger partial charge is 0.399 e. The third-order valence-electron chi connectivity index (χ3n) is 5.05. The van der Waals surface area contributed by atoms with E-state index in [1.165, 1.54) is 11.1 Å². The fourth-order valence-electron chi connectivity index (χ4n) is 3.61. The summed E-state index contributed by atoms with van der Waals surface area (Å²) in [5, 5.41) is 0. The molecule has 2 N–H and O–H groups in total. The Morgan fingerprint density at radius 1 is 1.04 bits per heavy atom. The third kappa shape index (κ3) is 4.06. The SMILES string of the molecule is Nc1cccc(CN2CC=C(c3cccc(N4CCOCC4)n3)CC2)c1. The number of ether oxygens (including phenoxy) is 1. The summed E-state index contributed by atoms with van der Waals surface area (Å²) in [4.78, 5) is 9.66. The third-order valence-corrected chi connectivity index (χ3v) is 5.05. The minimum absolute atomic E-state index is 0.785. The monoisotopic (exact) mass is 350 g/mol. The zero-order chi connectivity index (χ0) is 17.8. The second kappa shape index (κ2) is 7.89. The number of nitrogens with zero attached hydrogens (tertiary/aromatic N) is 3. The van der Waals surface area contributed by atoms with Crippen LogP contribution in [0.25, 0.3) is 5.57 Å². The summed E-state index contributed by atoms with van der Waals surface area (Å²) in [6, 6.07) is 14.5. The number of anilines is 2. The quantitative estimate of drug-likeness (QED) is 0.860. The van der Waals surface area contributed by atoms with E-state index in [0.717, 1.165) is 69.6 Å². The number of rotatable bonds is 4. The average Bonchev–Trinajstić information content (AvgIpc) is 2.69. The first kappa shape index (κ1) is 17.1. The number of nitrogen functional groups attached to an aromatic ring is 1. The van der Waals surface area contributed by atoms with Crippen LogP contribution >= 0.6 is 0 Å². The Morgan fingerprint density at radius 2 is 1.88 bits per heavy atom. The molecule has 5 nitrogen and oxygen atoms in total. The molecule has 1 saturated heterocycles. The maximum Gasteiger partial charge on any atom is 0.129 e. The van der Waals surface area contributed by atoms with Crippen LogP contribution in [0.1, 0.15) is 17.7 Å². The lowest BCUT2D eigenvalue weighted by molar-refractivity contribution is 0.122. The normalized spacial score (nSPS) is 18.6. The molecule has 4 rings (SSSR count). The molecule has 1 fully saturated rings. The molecule has 2 aromatic rings. The van der Waals surface area contributed by atoms with Crippen molar-refractivity contribution < 1.29 is 4.74 Å². The molecule has 0 radical (unpaired) electrons. The minimum atomic E-state index is 0.785. The number of morpholine rings is 1. The molecular formula is C21H26N4O. The number of hydrogen-bond donors (Lipinski definition) is 1. The predicted molar refractivity (Wildman–Crippen MR) is 106 cm³/mol. The lowest BCUT2D eigenvalue weighted by atomic mass is 10.0. The molecule has 136 valence electrons. The van der Waals surface area contributed by atoms with Crippen molar-refractivity contribution in [1.82, 2.24) is 9.88 Å². The van der Waals surface area contributed by atoms with Gasteiger partial charge >= 0.3 is 0 Å². The topological polar surface area (TPSA) is 54.6 Å². The van der Waals surface area contributed by atoms with Gasteiger partial charge in [-0.3, -0.25) is 4.90 Å². The zero-order valence-electron chi connectivity index (χ0n) is 15.1. The highest BCUT2D eigenvalue weighted by molar-refractivity contribution is 5.65. The molecule has 1 aromatic carbocycles. The van der Waals surface area contributed by atoms with Gasteiger partial charge < -0.3 is 15.4 Å². The highest BCUT2D eigenvalue weighted by Crippen LogP contribution is 2.24. The first-order valence-electron chi connectivity index (χ1n) is 9.34. The number of aromatic nitrogens is 1. The molecule has 2 aliphatic rings. The molecule has 2 aliphatic heterocycles. The van der Waals surface area contributed by atoms with Gasteiger partial charge in [0.2, 0.25) is 0 Å². The van der Waals surface area contributed by atoms with Crippen LogP contribution in [-0.2, 0) is 11.3 Å². The van der Waals surface area contributed by atoms with Crippen molar-refractivity contribution in [1.29, 1.82) is 0 Å². The Balaban J connectivity index is 1.42. The van der Waals surface area contributed by atoms with Crippen LogP contribution in [0.2, 0.25) is 0 Å². The fourth-order valence-corrected chi connectivity index (χ4v) is 3.61. The van der Waals surface area contributed by atoms with E-state index in [-0.39, 0.29) is 0 Å². The summed E-state index contributed by atoms with van der Waals surface area (Å²) >= 11 is 0. The highest BCUT2D eigenvalue weighted by atomic mass is 16.5. The predicted octanol–water partition coefficient (Wildman–Crippen LogP) is 2.79. The van der Waals surface area contributed by atoms with Gasteiger partial charge in [0.15, 0.2) is 0 Å². The average molecular weight is 350 g/mol. The van der Waals surface area contributed by atoms with E-state index in [1.54, 1.807) is 0 Å². The fraction of sp³-hybridized carbons (Fsp3) is 0.381. The standard InChI is InChI=1S/C21H26N4O/c22-19-4-1-3-17(15-19)16-24-9-7-18(8-10-24)20-5-2-6-21(23-20)25-11-13-26-14-12-25/h1-7,15H,8-14,16,22H2. The number of benzene rings is 1. The van der Waals surface area contributed by atoms with E-state index in [0.29, 0.717) is 0 Å². The van der Waals surface area contributed by atoms with Gasteiger partial charge in [-0.25, -0.2) is 4.98 Å². The summed E-state index contributed by atoms with van der Waals surface area (Å²) in [5.41, 5.74) is 10.5. The van der Waals surface area contributed by atoms with Gasteiger partial charge in [-0.05, 0) is 41.8 Å². The minimum Gasteiger partial charge on any atom is -0.399 e. The number of pyridine rings is 1. The highest BCUT2D eigenvalue weighted by Gasteiger charge is 2.16. The lowest BCUT2D eigenvalue weighted by Gasteiger charge is -2.29. The second-order valence-electron chi connectivity index (χ2n) is 6.94. The van der Waals surface area contributed by atoms with Crippen LogP contribution in [0.5, 0.6) is 0 Å². The Labute approximate surface area is 155 Å². The molecule has 0 unspecified atom stereocenters. The van der Waals surface area contributed by atoms with Crippen molar-refractivity contribution in [2.75, 3.05) is 50.0 Å². The van der Waals surface area contributed by atoms with Crippen LogP contribution in [-0.4, -0.2) is 49.3 Å². The van der Waals surface area contributed by atoms with Gasteiger partial charge in [0.05, 0.1) is 18.9 Å². The molecule has 1 aromatic heterocycles. The molecule has 3 heterocycles. The van der Waals surface area contributed by atoms with Gasteiger partial charge in [0, 0.05) is 38.4 Å². The second-order valence-corrected chi connectivity index (χ2v) is 6.94. The number of hydrogen-bond acceptors (Lipinski definition) is 5. The van der Waals surface area contributed by atoms with Crippen LogP contribution < -0.4 is 10.6 Å². The van der Waals surface area contributed by atoms with Gasteiger partial charge in [-0.1, -0.05) is 24.3 Å². The van der Waals surface area contributed by atoms with E-state index in [9.17, 15) is 0 Å². The maximum atomic E-state index is 5.89. The van der Waals surface area contributed by atoms with E-state index < -0.39 is 0 Å². The van der Waals surface area contributed by atoms with Crippen molar-refractivity contribution in [3.8, 4) is 0 Å². The lowest BCUT2D eigenvalue weighted by Crippen LogP contribution is -2.36. The van der Waals surface area contributed by atoms with E-state index in [1.807, 2.05) is 12.1 Å². The van der Waals surface area contributed by atoms with Crippen LogP contribution in [0.3, 0.4) is 0 Å². The summed E-state index contributed by atoms with van der Waals surface area (Å²) in [7, 11) is 0. The van der Waals surface area contributed by atoms with E-state index in [2.05, 4.69) is 46.2 Å². The van der Waals surface area contributed by atoms with Crippen molar-refractivity contribution in [3.63, 3.8) is 0 Å². The van der Waals surface area contributed by atoms with E-state index >= 15 is 0 Å². The zero-order valence-corrected chi connectivity index (χ0v) is 15.1. The van der Waals surface area contributed by atoms with Crippen LogP contribution in [0.15, 0.2) is 48.5 Å². The number of nitrogens with two attached hydrogens (primary N) is 1. The summed E-state index contributed by atoms with van der Waals surface area (Å²) in [5.74, 6) is 1.06. The molecule has 0 aliphatic carbocycles. The van der Waals surface area contributed by atoms with Crippen molar-refractivity contribution in [3.05, 3.63) is 59.8 Å². The van der Waals surface area contributed by atoms with Crippen LogP contribution in [0.4, 0.5) is 11.5 Å². The molecule has 0 amide bonds. The van der Waals surface area contributed by atoms with Crippen molar-refractivity contribution in [2.45, 2.75) is 13.0 Å². The Morgan fingerprint density at radius 3 is 2.65 bits per heavy atom. The Kier molecular flexibility index (Phi) is 5.18. The van der Waals surface area contributed by atoms with Crippen LogP contribution in [0, 0.1) is 0 Å². The summed E-state index contributed by atoms with van der Waals surface area (Å²) in [6.07, 6.45) is 3.35. The van der Waals surface area contributed by atoms with Crippen molar-refractivity contribution >= 4 is 17.1 Å². The van der Waals surface area contributed by atoms with Gasteiger partial charge in [0.25, 0.3) is 0 Å². The smallest absolute Gasteiger partial charge is 0.129 e. The van der Waals surface area contributed by atoms with E-state index in [4.69, 9.17) is 15.5 Å². The first-order valence-corrected chi connectivity index (χ1v) is 9.34. The molecule has 0 atom stereocenters. The molecular weight excluding hydrogens is 324 g/mol. The molecule has 5 heteroatoms. The van der Waals surface area contributed by atoms with Gasteiger partial charge in [-0.2, -0.15) is 0 Å². The Bertz CT molecular complexity index is 783. The summed E-state index contributed by atoms with van der Waals surface area (Å²) < 4.78 is 5.44. The molecule has 0 spiro atoms. The first-order chi connectivity index (χ1) is 12.8. The molecule has 0 saturated carbocycles. The van der Waals surface area contributed by atoms with Gasteiger partial charge in [-0.15, -0.1) is 0 Å². The maximum absolute atomic E-state index is 5.89. The summed E-state index contributed by atoms with van der Waals surface area (Å²) in [6.45, 7) is 6.35. The van der Waals surface area contributed by atoms with Crippen molar-refractivity contribution in [2.24, 2.45) is 0 Å². The van der Waals surface area contributed by atoms with Gasteiger partial charge in [0.1, 0.15) is 5.82 Å². The Hall–Kier alpha value is -2.37.